The molecular weight excluding hydrogens is 582 g/mol. The molecule has 4 atom stereocenters. The molecule has 3 N–H and O–H groups in total. The average molecular weight is 630 g/mol. The summed E-state index contributed by atoms with van der Waals surface area (Å²) in [6.07, 6.45) is 2.25. The summed E-state index contributed by atoms with van der Waals surface area (Å²) in [5.41, 5.74) is 5.67. The van der Waals surface area contributed by atoms with Crippen LogP contribution in [-0.2, 0) is 15.3 Å². The summed E-state index contributed by atoms with van der Waals surface area (Å²) in [6.45, 7) is 8.34. The van der Waals surface area contributed by atoms with E-state index < -0.39 is 30.3 Å². The van der Waals surface area contributed by atoms with Gasteiger partial charge in [-0.15, -0.1) is 0 Å². The van der Waals surface area contributed by atoms with E-state index in [9.17, 15) is 19.8 Å². The predicted molar refractivity (Wildman–Crippen MR) is 183 cm³/mol. The van der Waals surface area contributed by atoms with E-state index in [1.807, 2.05) is 82.3 Å². The van der Waals surface area contributed by atoms with Gasteiger partial charge in [0.25, 0.3) is 0 Å². The number of alkyl carbamates (subject to hydrolysis) is 1. The molecule has 0 heterocycles. The molecule has 0 unspecified atom stereocenters. The maximum Gasteiger partial charge on any atom is 0.407 e. The maximum absolute atomic E-state index is 13.1. The molecule has 3 aromatic rings. The smallest absolute Gasteiger partial charge is 0.407 e. The summed E-state index contributed by atoms with van der Waals surface area (Å²) >= 11 is 1.23. The third kappa shape index (κ3) is 9.80. The van der Waals surface area contributed by atoms with Crippen LogP contribution >= 0.6 is 11.8 Å². The van der Waals surface area contributed by atoms with Crippen molar-refractivity contribution in [3.8, 4) is 11.1 Å². The Morgan fingerprint density at radius 3 is 2.02 bits per heavy atom. The number of thioether (sulfide) groups is 1. The Bertz CT molecular complexity index is 1380. The van der Waals surface area contributed by atoms with Crippen molar-refractivity contribution in [2.75, 3.05) is 6.61 Å². The van der Waals surface area contributed by atoms with Crippen LogP contribution in [0.4, 0.5) is 4.79 Å². The van der Waals surface area contributed by atoms with Crippen molar-refractivity contribution in [2.24, 2.45) is 17.8 Å². The SMILES string of the molecule is CC(C)C[C@@H](NC(=O)OCC1c2ccccc2-c2ccccc21)[C@H](O)C/C=C\[C@H](O)[C@@H](CC(C)C)C(=O)SCc1ccccc1. The van der Waals surface area contributed by atoms with Crippen LogP contribution in [0.15, 0.2) is 91.0 Å². The van der Waals surface area contributed by atoms with Crippen molar-refractivity contribution < 1.29 is 24.5 Å². The van der Waals surface area contributed by atoms with Crippen LogP contribution < -0.4 is 5.32 Å². The molecule has 6 nitrogen and oxygen atoms in total. The van der Waals surface area contributed by atoms with E-state index in [1.165, 1.54) is 11.8 Å². The third-order valence-corrected chi connectivity index (χ3v) is 9.28. The second-order valence-electron chi connectivity index (χ2n) is 12.8. The Balaban J connectivity index is 1.33. The highest BCUT2D eigenvalue weighted by Crippen LogP contribution is 2.44. The maximum atomic E-state index is 13.1. The van der Waals surface area contributed by atoms with Gasteiger partial charge in [-0.25, -0.2) is 4.79 Å². The van der Waals surface area contributed by atoms with Crippen molar-refractivity contribution in [1.29, 1.82) is 0 Å². The van der Waals surface area contributed by atoms with Gasteiger partial charge < -0.3 is 20.3 Å². The first-order chi connectivity index (χ1) is 21.6. The normalized spacial score (nSPS) is 15.5. The molecule has 0 aromatic heterocycles. The van der Waals surface area contributed by atoms with Crippen LogP contribution in [0.3, 0.4) is 0 Å². The highest BCUT2D eigenvalue weighted by atomic mass is 32.2. The molecule has 0 radical (unpaired) electrons. The number of benzene rings is 3. The van der Waals surface area contributed by atoms with Crippen molar-refractivity contribution >= 4 is 23.0 Å². The largest absolute Gasteiger partial charge is 0.449 e. The van der Waals surface area contributed by atoms with Gasteiger partial charge in [0.15, 0.2) is 5.12 Å². The van der Waals surface area contributed by atoms with Gasteiger partial charge in [0.05, 0.1) is 24.2 Å². The second-order valence-corrected chi connectivity index (χ2v) is 13.7. The third-order valence-electron chi connectivity index (χ3n) is 8.21. The van der Waals surface area contributed by atoms with E-state index in [0.29, 0.717) is 18.6 Å². The average Bonchev–Trinajstić information content (AvgIpc) is 3.34. The molecule has 7 heteroatoms. The highest BCUT2D eigenvalue weighted by molar-refractivity contribution is 8.13. The van der Waals surface area contributed by atoms with Crippen LogP contribution in [0.25, 0.3) is 11.1 Å². The summed E-state index contributed by atoms with van der Waals surface area (Å²) in [5, 5.41) is 24.9. The fraction of sp³-hybridized carbons (Fsp3) is 0.421. The lowest BCUT2D eigenvalue weighted by Gasteiger charge is -2.25. The number of aliphatic hydroxyl groups excluding tert-OH is 2. The molecule has 0 saturated heterocycles. The Morgan fingerprint density at radius 1 is 0.844 bits per heavy atom. The lowest BCUT2D eigenvalue weighted by molar-refractivity contribution is -0.117. The number of hydrogen-bond acceptors (Lipinski definition) is 6. The zero-order valence-corrected chi connectivity index (χ0v) is 27.6. The molecule has 0 fully saturated rings. The fourth-order valence-corrected chi connectivity index (χ4v) is 6.94. The second kappa shape index (κ2) is 16.8. The van der Waals surface area contributed by atoms with Crippen LogP contribution in [0, 0.1) is 17.8 Å². The number of carbonyl (C=O) groups excluding carboxylic acids is 2. The first kappa shape index (κ1) is 34.5. The monoisotopic (exact) mass is 629 g/mol. The van der Waals surface area contributed by atoms with E-state index in [-0.39, 0.29) is 35.9 Å². The van der Waals surface area contributed by atoms with Gasteiger partial charge >= 0.3 is 6.09 Å². The van der Waals surface area contributed by atoms with Crippen LogP contribution in [-0.4, -0.2) is 46.3 Å². The zero-order chi connectivity index (χ0) is 32.3. The summed E-state index contributed by atoms with van der Waals surface area (Å²) in [5.74, 6) is 0.428. The topological polar surface area (TPSA) is 95.9 Å². The molecule has 3 aromatic carbocycles. The Labute approximate surface area is 272 Å². The molecule has 0 aliphatic heterocycles. The standard InChI is InChI=1S/C38H47NO5S/c1-25(2)21-32(37(42)45-24-27-13-6-5-7-14-27)35(40)19-12-20-36(41)34(22-26(3)4)39-38(43)44-23-33-30-17-10-8-15-28(30)29-16-9-11-18-31(29)33/h5-19,25-26,32-36,40-41H,20-24H2,1-4H3,(H,39,43)/b19-12-/t32-,34-,35+,36-/m1/s1. The lowest BCUT2D eigenvalue weighted by Crippen LogP contribution is -2.44. The molecule has 1 aliphatic rings. The van der Waals surface area contributed by atoms with Crippen LogP contribution in [0.5, 0.6) is 0 Å². The molecule has 1 aliphatic carbocycles. The molecule has 1 amide bonds. The number of nitrogens with one attached hydrogen (secondary N) is 1. The van der Waals surface area contributed by atoms with E-state index in [2.05, 4.69) is 29.6 Å². The molecule has 4 rings (SSSR count). The first-order valence-electron chi connectivity index (χ1n) is 16.0. The van der Waals surface area contributed by atoms with Crippen molar-refractivity contribution in [3.63, 3.8) is 0 Å². The van der Waals surface area contributed by atoms with Gasteiger partial charge in [0.1, 0.15) is 6.61 Å². The van der Waals surface area contributed by atoms with Gasteiger partial charge in [-0.1, -0.05) is 130 Å². The fourth-order valence-electron chi connectivity index (χ4n) is 5.99. The van der Waals surface area contributed by atoms with Crippen LogP contribution in [0.1, 0.15) is 69.6 Å². The van der Waals surface area contributed by atoms with E-state index >= 15 is 0 Å². The summed E-state index contributed by atoms with van der Waals surface area (Å²) in [4.78, 5) is 26.1. The molecule has 45 heavy (non-hydrogen) atoms. The number of hydrogen-bond donors (Lipinski definition) is 3. The number of fused-ring (bicyclic) bond motifs is 3. The number of ether oxygens (including phenoxy) is 1. The van der Waals surface area contributed by atoms with Crippen LogP contribution in [0.2, 0.25) is 0 Å². The lowest BCUT2D eigenvalue weighted by atomic mass is 9.92. The van der Waals surface area contributed by atoms with E-state index in [0.717, 1.165) is 27.8 Å². The first-order valence-corrected chi connectivity index (χ1v) is 17.0. The molecule has 0 spiro atoms. The van der Waals surface area contributed by atoms with Gasteiger partial charge in [0, 0.05) is 11.7 Å². The molecule has 0 bridgehead atoms. The Morgan fingerprint density at radius 2 is 1.42 bits per heavy atom. The summed E-state index contributed by atoms with van der Waals surface area (Å²) < 4.78 is 5.74. The number of rotatable bonds is 15. The Hall–Kier alpha value is -3.39. The van der Waals surface area contributed by atoms with Gasteiger partial charge in [-0.3, -0.25) is 4.79 Å². The van der Waals surface area contributed by atoms with Crippen molar-refractivity contribution in [1.82, 2.24) is 5.32 Å². The summed E-state index contributed by atoms with van der Waals surface area (Å²) in [6, 6.07) is 25.7. The predicted octanol–water partition coefficient (Wildman–Crippen LogP) is 7.73. The molecule has 0 saturated carbocycles. The summed E-state index contributed by atoms with van der Waals surface area (Å²) in [7, 11) is 0. The molecular formula is C38H47NO5S. The minimum atomic E-state index is -0.964. The van der Waals surface area contributed by atoms with E-state index in [1.54, 1.807) is 12.2 Å². The number of carbonyl (C=O) groups is 2. The van der Waals surface area contributed by atoms with Crippen molar-refractivity contribution in [2.45, 2.75) is 76.9 Å². The minimum Gasteiger partial charge on any atom is -0.449 e. The van der Waals surface area contributed by atoms with Gasteiger partial charge in [-0.2, -0.15) is 0 Å². The quantitative estimate of drug-likeness (QED) is 0.149. The van der Waals surface area contributed by atoms with Gasteiger partial charge in [-0.05, 0) is 58.9 Å². The van der Waals surface area contributed by atoms with Gasteiger partial charge in [0.2, 0.25) is 0 Å². The Kier molecular flexibility index (Phi) is 12.9. The number of amides is 1. The minimum absolute atomic E-state index is 0.0418. The highest BCUT2D eigenvalue weighted by Gasteiger charge is 2.30. The zero-order valence-electron chi connectivity index (χ0n) is 26.8. The van der Waals surface area contributed by atoms with Crippen molar-refractivity contribution in [3.05, 3.63) is 108 Å². The van der Waals surface area contributed by atoms with E-state index in [4.69, 9.17) is 4.74 Å². The number of aliphatic hydroxyl groups is 2. The molecule has 240 valence electrons.